The fourth-order valence-corrected chi connectivity index (χ4v) is 0.687. The molecule has 64 valence electrons. The first-order valence-electron chi connectivity index (χ1n) is 4.07. The van der Waals surface area contributed by atoms with Crippen LogP contribution in [0.1, 0.15) is 26.7 Å². The van der Waals surface area contributed by atoms with Crippen molar-refractivity contribution < 1.29 is 5.11 Å². The molecular weight excluding hydrogens is 140 g/mol. The number of rotatable bonds is 4. The van der Waals surface area contributed by atoms with Crippen molar-refractivity contribution in [2.45, 2.75) is 32.7 Å². The molecule has 1 unspecified atom stereocenters. The summed E-state index contributed by atoms with van der Waals surface area (Å²) in [7, 11) is 0. The second kappa shape index (κ2) is 3.22. The van der Waals surface area contributed by atoms with Crippen LogP contribution < -0.4 is 5.43 Å². The van der Waals surface area contributed by atoms with Crippen LogP contribution in [0.15, 0.2) is 5.10 Å². The van der Waals surface area contributed by atoms with Crippen molar-refractivity contribution in [1.29, 1.82) is 0 Å². The van der Waals surface area contributed by atoms with Gasteiger partial charge in [0.1, 0.15) is 0 Å². The Hall–Kier alpha value is -0.570. The van der Waals surface area contributed by atoms with Crippen molar-refractivity contribution in [2.24, 2.45) is 10.5 Å². The number of hydrogen-bond donors (Lipinski definition) is 2. The first-order valence-corrected chi connectivity index (χ1v) is 4.07. The van der Waals surface area contributed by atoms with Gasteiger partial charge in [-0.05, 0) is 19.8 Å². The molecule has 2 N–H and O–H groups in total. The Morgan fingerprint density at radius 2 is 2.36 bits per heavy atom. The largest absolute Gasteiger partial charge is 0.394 e. The van der Waals surface area contributed by atoms with E-state index in [9.17, 15) is 0 Å². The maximum Gasteiger partial charge on any atom is 0.0646 e. The lowest BCUT2D eigenvalue weighted by Crippen LogP contribution is -2.24. The van der Waals surface area contributed by atoms with Gasteiger partial charge < -0.3 is 10.5 Å². The summed E-state index contributed by atoms with van der Waals surface area (Å²) in [6, 6.07) is 0.0635. The van der Waals surface area contributed by atoms with Crippen LogP contribution in [0.25, 0.3) is 0 Å². The van der Waals surface area contributed by atoms with Gasteiger partial charge in [0.05, 0.1) is 12.6 Å². The normalized spacial score (nSPS) is 23.5. The molecule has 1 aliphatic carbocycles. The van der Waals surface area contributed by atoms with Crippen LogP contribution in [0.3, 0.4) is 0 Å². The Bertz CT molecular complexity index is 152. The van der Waals surface area contributed by atoms with Crippen molar-refractivity contribution >= 4 is 6.21 Å². The summed E-state index contributed by atoms with van der Waals surface area (Å²) in [4.78, 5) is 0. The van der Waals surface area contributed by atoms with Gasteiger partial charge in [-0.25, -0.2) is 0 Å². The van der Waals surface area contributed by atoms with E-state index in [1.807, 2.05) is 13.1 Å². The van der Waals surface area contributed by atoms with Crippen molar-refractivity contribution in [3.63, 3.8) is 0 Å². The first-order chi connectivity index (χ1) is 5.16. The Morgan fingerprint density at radius 3 is 2.82 bits per heavy atom. The maximum absolute atomic E-state index is 8.64. The summed E-state index contributed by atoms with van der Waals surface area (Å²) >= 11 is 0. The van der Waals surface area contributed by atoms with Crippen molar-refractivity contribution in [3.05, 3.63) is 0 Å². The molecule has 1 fully saturated rings. The molecule has 0 aromatic heterocycles. The van der Waals surface area contributed by atoms with E-state index in [1.54, 1.807) is 0 Å². The van der Waals surface area contributed by atoms with E-state index in [0.717, 1.165) is 0 Å². The summed E-state index contributed by atoms with van der Waals surface area (Å²) in [5, 5.41) is 12.7. The topological polar surface area (TPSA) is 44.6 Å². The standard InChI is InChI=1S/C8H16N2O/c1-7(5-11)10-9-6-8(2)3-4-8/h6-7,10-11H,3-5H2,1-2H3/b9-6+. The minimum absolute atomic E-state index is 0.0635. The third kappa shape index (κ3) is 2.89. The highest BCUT2D eigenvalue weighted by molar-refractivity contribution is 5.68. The molecule has 0 aromatic carbocycles. The minimum atomic E-state index is 0.0635. The SMILES string of the molecule is CC(CO)N/N=C/C1(C)CC1. The van der Waals surface area contributed by atoms with Crippen molar-refractivity contribution in [2.75, 3.05) is 6.61 Å². The molecule has 0 bridgehead atoms. The lowest BCUT2D eigenvalue weighted by Gasteiger charge is -2.06. The number of nitrogens with one attached hydrogen (secondary N) is 1. The van der Waals surface area contributed by atoms with Gasteiger partial charge in [-0.3, -0.25) is 0 Å². The van der Waals surface area contributed by atoms with Gasteiger partial charge >= 0.3 is 0 Å². The van der Waals surface area contributed by atoms with Crippen molar-refractivity contribution in [1.82, 2.24) is 5.43 Å². The Morgan fingerprint density at radius 1 is 1.73 bits per heavy atom. The van der Waals surface area contributed by atoms with Gasteiger partial charge in [-0.15, -0.1) is 0 Å². The Balaban J connectivity index is 2.15. The zero-order valence-electron chi connectivity index (χ0n) is 7.17. The van der Waals surface area contributed by atoms with Crippen LogP contribution in [-0.2, 0) is 0 Å². The lowest BCUT2D eigenvalue weighted by molar-refractivity contribution is 0.253. The number of nitrogens with zero attached hydrogens (tertiary/aromatic N) is 1. The second-order valence-corrected chi connectivity index (χ2v) is 3.62. The van der Waals surface area contributed by atoms with Gasteiger partial charge in [-0.1, -0.05) is 6.92 Å². The van der Waals surface area contributed by atoms with E-state index < -0.39 is 0 Å². The minimum Gasteiger partial charge on any atom is -0.394 e. The highest BCUT2D eigenvalue weighted by Gasteiger charge is 2.35. The van der Waals surface area contributed by atoms with Gasteiger partial charge in [-0.2, -0.15) is 5.10 Å². The smallest absolute Gasteiger partial charge is 0.0646 e. The van der Waals surface area contributed by atoms with Crippen LogP contribution in [0, 0.1) is 5.41 Å². The number of hydrazone groups is 1. The molecule has 0 aliphatic heterocycles. The number of hydrogen-bond acceptors (Lipinski definition) is 3. The van der Waals surface area contributed by atoms with Crippen LogP contribution in [-0.4, -0.2) is 24.0 Å². The highest BCUT2D eigenvalue weighted by atomic mass is 16.3. The summed E-state index contributed by atoms with van der Waals surface area (Å²) in [5.74, 6) is 0. The predicted molar refractivity (Wildman–Crippen MR) is 45.5 cm³/mol. The monoisotopic (exact) mass is 156 g/mol. The van der Waals surface area contributed by atoms with Crippen LogP contribution in [0.4, 0.5) is 0 Å². The molecule has 11 heavy (non-hydrogen) atoms. The molecule has 0 heterocycles. The molecule has 1 atom stereocenters. The first kappa shape index (κ1) is 8.53. The predicted octanol–water partition coefficient (Wildman–Crippen LogP) is 0.743. The number of aliphatic hydroxyl groups is 1. The van der Waals surface area contributed by atoms with E-state index >= 15 is 0 Å². The molecule has 1 saturated carbocycles. The molecule has 0 amide bonds. The van der Waals surface area contributed by atoms with Gasteiger partial charge in [0.15, 0.2) is 0 Å². The summed E-state index contributed by atoms with van der Waals surface area (Å²) in [5.41, 5.74) is 3.20. The van der Waals surface area contributed by atoms with E-state index in [1.165, 1.54) is 12.8 Å². The quantitative estimate of drug-likeness (QED) is 0.466. The average Bonchev–Trinajstić information content (AvgIpc) is 2.68. The van der Waals surface area contributed by atoms with Crippen LogP contribution in [0.5, 0.6) is 0 Å². The van der Waals surface area contributed by atoms with E-state index in [2.05, 4.69) is 17.5 Å². The summed E-state index contributed by atoms with van der Waals surface area (Å²) in [6.07, 6.45) is 4.43. The number of aliphatic hydroxyl groups excluding tert-OH is 1. The Labute approximate surface area is 67.5 Å². The van der Waals surface area contributed by atoms with Crippen LogP contribution >= 0.6 is 0 Å². The molecule has 0 radical (unpaired) electrons. The third-order valence-electron chi connectivity index (χ3n) is 1.98. The van der Waals surface area contributed by atoms with E-state index in [4.69, 9.17) is 5.11 Å². The van der Waals surface area contributed by atoms with Gasteiger partial charge in [0.25, 0.3) is 0 Å². The fourth-order valence-electron chi connectivity index (χ4n) is 0.687. The molecule has 0 spiro atoms. The fraction of sp³-hybridized carbons (Fsp3) is 0.875. The summed E-state index contributed by atoms with van der Waals surface area (Å²) < 4.78 is 0. The zero-order chi connectivity index (χ0) is 8.32. The Kier molecular flexibility index (Phi) is 2.49. The van der Waals surface area contributed by atoms with Gasteiger partial charge in [0.2, 0.25) is 0 Å². The van der Waals surface area contributed by atoms with Gasteiger partial charge in [0, 0.05) is 11.6 Å². The molecule has 0 saturated heterocycles. The molecule has 3 heteroatoms. The van der Waals surface area contributed by atoms with E-state index in [0.29, 0.717) is 5.41 Å². The van der Waals surface area contributed by atoms with E-state index in [-0.39, 0.29) is 12.6 Å². The lowest BCUT2D eigenvalue weighted by atomic mass is 10.2. The summed E-state index contributed by atoms with van der Waals surface area (Å²) in [6.45, 7) is 4.21. The van der Waals surface area contributed by atoms with Crippen LogP contribution in [0.2, 0.25) is 0 Å². The van der Waals surface area contributed by atoms with Crippen molar-refractivity contribution in [3.8, 4) is 0 Å². The zero-order valence-corrected chi connectivity index (χ0v) is 7.17. The maximum atomic E-state index is 8.64. The molecule has 3 nitrogen and oxygen atoms in total. The highest BCUT2D eigenvalue weighted by Crippen LogP contribution is 2.42. The molecular formula is C8H16N2O. The molecule has 0 aromatic rings. The second-order valence-electron chi connectivity index (χ2n) is 3.62. The average molecular weight is 156 g/mol. The molecule has 1 aliphatic rings. The third-order valence-corrected chi connectivity index (χ3v) is 1.98. The molecule has 1 rings (SSSR count).